The Bertz CT molecular complexity index is 454. The normalized spacial score (nSPS) is 10.4. The van der Waals surface area contributed by atoms with Gasteiger partial charge in [0.25, 0.3) is 6.43 Å². The number of hydrogen-bond donors (Lipinski definition) is 1. The number of aromatic nitrogens is 2. The van der Waals surface area contributed by atoms with Crippen LogP contribution in [0.25, 0.3) is 0 Å². The molecule has 1 N–H and O–H groups in total. The van der Waals surface area contributed by atoms with Gasteiger partial charge in [-0.15, -0.1) is 0 Å². The molecule has 1 aromatic rings. The third-order valence-corrected chi connectivity index (χ3v) is 2.21. The van der Waals surface area contributed by atoms with Crippen LogP contribution < -0.4 is 5.32 Å². The molecule has 1 rings (SSSR count). The molecule has 0 aromatic carbocycles. The number of ketones is 1. The topological polar surface area (TPSA) is 72.0 Å². The van der Waals surface area contributed by atoms with Gasteiger partial charge in [-0.2, -0.15) is 0 Å². The van der Waals surface area contributed by atoms with Crippen LogP contribution in [0, 0.1) is 0 Å². The van der Waals surface area contributed by atoms with Gasteiger partial charge in [0.05, 0.1) is 11.5 Å². The molecule has 5 nitrogen and oxygen atoms in total. The number of anilines is 1. The van der Waals surface area contributed by atoms with E-state index in [1.807, 2.05) is 0 Å². The van der Waals surface area contributed by atoms with Crippen LogP contribution in [0.3, 0.4) is 0 Å². The van der Waals surface area contributed by atoms with Crippen molar-refractivity contribution in [1.82, 2.24) is 9.97 Å². The van der Waals surface area contributed by atoms with E-state index in [-0.39, 0.29) is 11.1 Å². The summed E-state index contributed by atoms with van der Waals surface area (Å²) in [5.74, 6) is -1.17. The van der Waals surface area contributed by atoms with Gasteiger partial charge in [-0.1, -0.05) is 15.9 Å². The molecule has 92 valence electrons. The molecule has 0 aliphatic carbocycles. The summed E-state index contributed by atoms with van der Waals surface area (Å²) in [6, 6.07) is 0. The zero-order valence-corrected chi connectivity index (χ0v) is 10.3. The Kier molecular flexibility index (Phi) is 4.62. The van der Waals surface area contributed by atoms with E-state index in [0.717, 1.165) is 6.20 Å². The van der Waals surface area contributed by atoms with Crippen molar-refractivity contribution >= 4 is 33.4 Å². The molecule has 0 aliphatic rings. The molecule has 0 fully saturated rings. The molecular formula is C9H8BrF2N3O2. The highest BCUT2D eigenvalue weighted by Crippen LogP contribution is 2.21. The average molecular weight is 308 g/mol. The number of carbonyl (C=O) groups excluding carboxylic acids is 2. The van der Waals surface area contributed by atoms with Crippen molar-refractivity contribution in [3.8, 4) is 0 Å². The molecule has 0 unspecified atom stereocenters. The molecular weight excluding hydrogens is 300 g/mol. The molecule has 1 aromatic heterocycles. The van der Waals surface area contributed by atoms with E-state index in [1.165, 1.54) is 6.92 Å². The van der Waals surface area contributed by atoms with Crippen molar-refractivity contribution in [3.05, 3.63) is 17.6 Å². The quantitative estimate of drug-likeness (QED) is 0.681. The van der Waals surface area contributed by atoms with Crippen LogP contribution in [0.1, 0.15) is 29.5 Å². The molecule has 1 heterocycles. The molecule has 1 amide bonds. The summed E-state index contributed by atoms with van der Waals surface area (Å²) in [5, 5.41) is 2.09. The minimum Gasteiger partial charge on any atom is -0.310 e. The molecule has 0 radical (unpaired) electrons. The lowest BCUT2D eigenvalue weighted by Gasteiger charge is -2.07. The van der Waals surface area contributed by atoms with E-state index in [4.69, 9.17) is 0 Å². The van der Waals surface area contributed by atoms with E-state index >= 15 is 0 Å². The van der Waals surface area contributed by atoms with Crippen molar-refractivity contribution in [2.24, 2.45) is 0 Å². The van der Waals surface area contributed by atoms with Crippen LogP contribution in [0.5, 0.6) is 0 Å². The number of nitrogens with zero attached hydrogens (tertiary/aromatic N) is 2. The monoisotopic (exact) mass is 307 g/mol. The minimum atomic E-state index is -2.94. The summed E-state index contributed by atoms with van der Waals surface area (Å²) >= 11 is 2.86. The number of rotatable bonds is 4. The van der Waals surface area contributed by atoms with E-state index in [9.17, 15) is 18.4 Å². The molecule has 0 spiro atoms. The highest BCUT2D eigenvalue weighted by atomic mass is 79.9. The maximum absolute atomic E-state index is 12.7. The lowest BCUT2D eigenvalue weighted by atomic mass is 10.2. The second kappa shape index (κ2) is 5.76. The molecule has 0 saturated heterocycles. The molecule has 8 heteroatoms. The summed E-state index contributed by atoms with van der Waals surface area (Å²) in [5.41, 5.74) is -1.13. The minimum absolute atomic E-state index is 0.112. The zero-order valence-electron chi connectivity index (χ0n) is 8.71. The van der Waals surface area contributed by atoms with Gasteiger partial charge in [0.2, 0.25) is 5.91 Å². The molecule has 0 aliphatic heterocycles. The second-order valence-corrected chi connectivity index (χ2v) is 3.59. The van der Waals surface area contributed by atoms with Gasteiger partial charge in [0.15, 0.2) is 11.6 Å². The van der Waals surface area contributed by atoms with Gasteiger partial charge in [-0.3, -0.25) is 9.59 Å². The molecule has 17 heavy (non-hydrogen) atoms. The Labute approximate surface area is 104 Å². The first kappa shape index (κ1) is 13.6. The first-order chi connectivity index (χ1) is 7.95. The number of alkyl halides is 3. The number of amides is 1. The van der Waals surface area contributed by atoms with Crippen LogP contribution in [0.4, 0.5) is 14.6 Å². The fraction of sp³-hybridized carbons (Fsp3) is 0.333. The van der Waals surface area contributed by atoms with Crippen molar-refractivity contribution in [2.75, 3.05) is 10.6 Å². The SMILES string of the molecule is CC(=O)Nc1cnc(C(=O)CBr)c(C(F)F)n1. The predicted octanol–water partition coefficient (Wildman–Crippen LogP) is 1.95. The van der Waals surface area contributed by atoms with Crippen molar-refractivity contribution in [3.63, 3.8) is 0 Å². The number of Topliss-reactive ketones (excluding diaryl/α,β-unsaturated/α-hetero) is 1. The lowest BCUT2D eigenvalue weighted by molar-refractivity contribution is -0.114. The second-order valence-electron chi connectivity index (χ2n) is 3.03. The van der Waals surface area contributed by atoms with Crippen LogP contribution in [0.2, 0.25) is 0 Å². The van der Waals surface area contributed by atoms with E-state index in [0.29, 0.717) is 0 Å². The smallest absolute Gasteiger partial charge is 0.282 e. The van der Waals surface area contributed by atoms with Crippen LogP contribution >= 0.6 is 15.9 Å². The Hall–Kier alpha value is -1.44. The fourth-order valence-electron chi connectivity index (χ4n) is 1.07. The van der Waals surface area contributed by atoms with Crippen molar-refractivity contribution in [2.45, 2.75) is 13.3 Å². The fourth-order valence-corrected chi connectivity index (χ4v) is 1.34. The van der Waals surface area contributed by atoms with Crippen molar-refractivity contribution in [1.29, 1.82) is 0 Å². The largest absolute Gasteiger partial charge is 0.310 e. The van der Waals surface area contributed by atoms with Gasteiger partial charge >= 0.3 is 0 Å². The zero-order chi connectivity index (χ0) is 13.0. The summed E-state index contributed by atoms with van der Waals surface area (Å²) in [4.78, 5) is 29.1. The number of carbonyl (C=O) groups is 2. The third kappa shape index (κ3) is 3.52. The average Bonchev–Trinajstić information content (AvgIpc) is 2.27. The van der Waals surface area contributed by atoms with Gasteiger partial charge in [0.1, 0.15) is 11.4 Å². The third-order valence-electron chi connectivity index (χ3n) is 1.70. The van der Waals surface area contributed by atoms with E-state index in [1.54, 1.807) is 0 Å². The Morgan fingerprint density at radius 1 is 1.53 bits per heavy atom. The summed E-state index contributed by atoms with van der Waals surface area (Å²) < 4.78 is 25.3. The van der Waals surface area contributed by atoms with Gasteiger partial charge in [-0.25, -0.2) is 18.7 Å². The number of halogens is 3. The Balaban J connectivity index is 3.17. The molecule has 0 saturated carbocycles. The van der Waals surface area contributed by atoms with E-state index < -0.39 is 29.5 Å². The van der Waals surface area contributed by atoms with Crippen LogP contribution in [0.15, 0.2) is 6.20 Å². The highest BCUT2D eigenvalue weighted by Gasteiger charge is 2.21. The lowest BCUT2D eigenvalue weighted by Crippen LogP contribution is -2.14. The van der Waals surface area contributed by atoms with Crippen molar-refractivity contribution < 1.29 is 18.4 Å². The van der Waals surface area contributed by atoms with E-state index in [2.05, 4.69) is 31.2 Å². The van der Waals surface area contributed by atoms with Gasteiger partial charge < -0.3 is 5.32 Å². The Morgan fingerprint density at radius 2 is 2.18 bits per heavy atom. The summed E-state index contributed by atoms with van der Waals surface area (Å²) in [6.07, 6.45) is -1.88. The maximum atomic E-state index is 12.7. The summed E-state index contributed by atoms with van der Waals surface area (Å²) in [7, 11) is 0. The standard InChI is InChI=1S/C9H8BrF2N3O2/c1-4(16)14-6-3-13-7(5(17)2-10)8(15-6)9(11)12/h3,9H,2H2,1H3,(H,14,15,16). The van der Waals surface area contributed by atoms with Crippen LogP contribution in [-0.4, -0.2) is 27.0 Å². The van der Waals surface area contributed by atoms with Gasteiger partial charge in [0, 0.05) is 6.92 Å². The first-order valence-electron chi connectivity index (χ1n) is 4.47. The maximum Gasteiger partial charge on any atom is 0.282 e. The number of nitrogens with one attached hydrogen (secondary N) is 1. The van der Waals surface area contributed by atoms with Crippen LogP contribution in [-0.2, 0) is 4.79 Å². The molecule has 0 atom stereocenters. The van der Waals surface area contributed by atoms with Gasteiger partial charge in [-0.05, 0) is 0 Å². The highest BCUT2D eigenvalue weighted by molar-refractivity contribution is 9.09. The predicted molar refractivity (Wildman–Crippen MR) is 59.4 cm³/mol. The number of hydrogen-bond acceptors (Lipinski definition) is 4. The summed E-state index contributed by atoms with van der Waals surface area (Å²) in [6.45, 7) is 1.21. The Morgan fingerprint density at radius 3 is 2.65 bits per heavy atom. The first-order valence-corrected chi connectivity index (χ1v) is 5.59. The molecule has 0 bridgehead atoms.